The van der Waals surface area contributed by atoms with E-state index >= 15 is 0 Å². The summed E-state index contributed by atoms with van der Waals surface area (Å²) < 4.78 is 0. The lowest BCUT2D eigenvalue weighted by molar-refractivity contribution is -0.117. The van der Waals surface area contributed by atoms with E-state index in [0.717, 1.165) is 25.7 Å². The number of rotatable bonds is 3. The van der Waals surface area contributed by atoms with Crippen molar-refractivity contribution in [3.63, 3.8) is 0 Å². The van der Waals surface area contributed by atoms with Crippen LogP contribution in [0.5, 0.6) is 0 Å². The summed E-state index contributed by atoms with van der Waals surface area (Å²) in [6, 6.07) is 8.57. The Labute approximate surface area is 124 Å². The van der Waals surface area contributed by atoms with E-state index in [0.29, 0.717) is 11.3 Å². The standard InChI is InChI=1S/C16H18N4O/c17-10-12-4-5-14(8-13(12)11-18)20-15(21)9-16(19)6-2-1-3-7-16/h4-5,8H,1-3,6-7,9,19H2,(H,20,21). The number of nitrogens with zero attached hydrogens (tertiary/aromatic N) is 2. The predicted octanol–water partition coefficient (Wildman–Crippen LogP) is 2.42. The second kappa shape index (κ2) is 6.39. The van der Waals surface area contributed by atoms with Crippen LogP contribution in [0, 0.1) is 22.7 Å². The van der Waals surface area contributed by atoms with Crippen molar-refractivity contribution in [2.24, 2.45) is 5.73 Å². The van der Waals surface area contributed by atoms with Gasteiger partial charge in [-0.1, -0.05) is 19.3 Å². The smallest absolute Gasteiger partial charge is 0.226 e. The highest BCUT2D eigenvalue weighted by molar-refractivity contribution is 5.91. The Morgan fingerprint density at radius 2 is 1.86 bits per heavy atom. The minimum atomic E-state index is -0.410. The third-order valence-corrected chi connectivity index (χ3v) is 3.91. The molecule has 1 saturated carbocycles. The lowest BCUT2D eigenvalue weighted by Gasteiger charge is -2.32. The van der Waals surface area contributed by atoms with Crippen molar-refractivity contribution in [2.75, 3.05) is 5.32 Å². The van der Waals surface area contributed by atoms with E-state index in [9.17, 15) is 4.79 Å². The van der Waals surface area contributed by atoms with Crippen LogP contribution in [-0.4, -0.2) is 11.4 Å². The van der Waals surface area contributed by atoms with Crippen LogP contribution in [0.1, 0.15) is 49.7 Å². The molecule has 1 aromatic rings. The molecule has 0 unspecified atom stereocenters. The first-order valence-electron chi connectivity index (χ1n) is 7.09. The van der Waals surface area contributed by atoms with Crippen molar-refractivity contribution in [2.45, 2.75) is 44.1 Å². The highest BCUT2D eigenvalue weighted by atomic mass is 16.1. The number of anilines is 1. The Balaban J connectivity index is 2.03. The van der Waals surface area contributed by atoms with Crippen LogP contribution >= 0.6 is 0 Å². The van der Waals surface area contributed by atoms with Gasteiger partial charge in [0.15, 0.2) is 0 Å². The van der Waals surface area contributed by atoms with Crippen molar-refractivity contribution in [3.05, 3.63) is 29.3 Å². The van der Waals surface area contributed by atoms with Gasteiger partial charge in [-0.05, 0) is 31.0 Å². The molecule has 1 aliphatic carbocycles. The number of benzene rings is 1. The Morgan fingerprint density at radius 3 is 2.48 bits per heavy atom. The fourth-order valence-corrected chi connectivity index (χ4v) is 2.77. The monoisotopic (exact) mass is 282 g/mol. The van der Waals surface area contributed by atoms with Gasteiger partial charge in [-0.3, -0.25) is 4.79 Å². The van der Waals surface area contributed by atoms with Crippen LogP contribution in [0.25, 0.3) is 0 Å². The van der Waals surface area contributed by atoms with Crippen LogP contribution < -0.4 is 11.1 Å². The molecule has 1 amide bonds. The molecule has 0 aliphatic heterocycles. The van der Waals surface area contributed by atoms with Crippen molar-refractivity contribution in [3.8, 4) is 12.1 Å². The second-order valence-electron chi connectivity index (χ2n) is 5.63. The Morgan fingerprint density at radius 1 is 1.19 bits per heavy atom. The van der Waals surface area contributed by atoms with E-state index in [1.807, 2.05) is 12.1 Å². The normalized spacial score (nSPS) is 16.5. The van der Waals surface area contributed by atoms with E-state index in [1.165, 1.54) is 18.6 Å². The summed E-state index contributed by atoms with van der Waals surface area (Å²) in [5.41, 5.74) is 6.94. The third-order valence-electron chi connectivity index (χ3n) is 3.91. The van der Waals surface area contributed by atoms with Gasteiger partial charge in [0, 0.05) is 17.6 Å². The van der Waals surface area contributed by atoms with Crippen LogP contribution in [0.15, 0.2) is 18.2 Å². The van der Waals surface area contributed by atoms with Crippen LogP contribution in [-0.2, 0) is 4.79 Å². The van der Waals surface area contributed by atoms with Gasteiger partial charge in [0.1, 0.15) is 12.1 Å². The van der Waals surface area contributed by atoms with Crippen LogP contribution in [0.2, 0.25) is 0 Å². The summed E-state index contributed by atoms with van der Waals surface area (Å²) >= 11 is 0. The lowest BCUT2D eigenvalue weighted by Crippen LogP contribution is -2.44. The van der Waals surface area contributed by atoms with Gasteiger partial charge in [-0.2, -0.15) is 10.5 Å². The van der Waals surface area contributed by atoms with E-state index in [-0.39, 0.29) is 17.9 Å². The van der Waals surface area contributed by atoms with Gasteiger partial charge in [0.05, 0.1) is 11.1 Å². The molecule has 0 radical (unpaired) electrons. The van der Waals surface area contributed by atoms with Gasteiger partial charge in [0.25, 0.3) is 0 Å². The molecule has 1 aromatic carbocycles. The maximum Gasteiger partial charge on any atom is 0.226 e. The number of amides is 1. The van der Waals surface area contributed by atoms with E-state index in [1.54, 1.807) is 6.07 Å². The fourth-order valence-electron chi connectivity index (χ4n) is 2.77. The molecular formula is C16H18N4O. The minimum absolute atomic E-state index is 0.145. The molecule has 1 aliphatic rings. The number of nitrogens with one attached hydrogen (secondary N) is 1. The van der Waals surface area contributed by atoms with Crippen LogP contribution in [0.4, 0.5) is 5.69 Å². The quantitative estimate of drug-likeness (QED) is 0.888. The van der Waals surface area contributed by atoms with Gasteiger partial charge in [-0.25, -0.2) is 0 Å². The third kappa shape index (κ3) is 3.81. The molecule has 108 valence electrons. The van der Waals surface area contributed by atoms with Crippen molar-refractivity contribution in [1.82, 2.24) is 0 Å². The molecule has 3 N–H and O–H groups in total. The minimum Gasteiger partial charge on any atom is -0.326 e. The topological polar surface area (TPSA) is 103 Å². The van der Waals surface area contributed by atoms with Crippen molar-refractivity contribution < 1.29 is 4.79 Å². The molecule has 0 bridgehead atoms. The van der Waals surface area contributed by atoms with Gasteiger partial charge in [-0.15, -0.1) is 0 Å². The fraction of sp³-hybridized carbons (Fsp3) is 0.438. The van der Waals surface area contributed by atoms with Gasteiger partial charge in [0.2, 0.25) is 5.91 Å². The summed E-state index contributed by atoms with van der Waals surface area (Å²) in [6.07, 6.45) is 5.35. The molecule has 1 fully saturated rings. The maximum absolute atomic E-state index is 12.1. The highest BCUT2D eigenvalue weighted by Gasteiger charge is 2.29. The zero-order chi connectivity index (χ0) is 15.3. The number of carbonyl (C=O) groups is 1. The molecule has 2 rings (SSSR count). The van der Waals surface area contributed by atoms with Crippen molar-refractivity contribution >= 4 is 11.6 Å². The Kier molecular flexibility index (Phi) is 4.57. The SMILES string of the molecule is N#Cc1ccc(NC(=O)CC2(N)CCCCC2)cc1C#N. The van der Waals surface area contributed by atoms with Crippen molar-refractivity contribution in [1.29, 1.82) is 10.5 Å². The molecular weight excluding hydrogens is 264 g/mol. The first-order valence-corrected chi connectivity index (χ1v) is 7.09. The van der Waals surface area contributed by atoms with E-state index in [4.69, 9.17) is 16.3 Å². The number of hydrogen-bond donors (Lipinski definition) is 2. The number of nitriles is 2. The summed E-state index contributed by atoms with van der Waals surface area (Å²) in [4.78, 5) is 12.1. The highest BCUT2D eigenvalue weighted by Crippen LogP contribution is 2.29. The molecule has 0 saturated heterocycles. The second-order valence-corrected chi connectivity index (χ2v) is 5.63. The molecule has 0 atom stereocenters. The van der Waals surface area contributed by atoms with Crippen LogP contribution in [0.3, 0.4) is 0 Å². The van der Waals surface area contributed by atoms with E-state index < -0.39 is 5.54 Å². The average Bonchev–Trinajstić information content (AvgIpc) is 2.47. The van der Waals surface area contributed by atoms with Gasteiger partial charge >= 0.3 is 0 Å². The maximum atomic E-state index is 12.1. The summed E-state index contributed by atoms with van der Waals surface area (Å²) in [5.74, 6) is -0.145. The first-order chi connectivity index (χ1) is 10.1. The zero-order valence-corrected chi connectivity index (χ0v) is 11.9. The van der Waals surface area contributed by atoms with Gasteiger partial charge < -0.3 is 11.1 Å². The summed E-state index contributed by atoms with van der Waals surface area (Å²) in [5, 5.41) is 20.6. The molecule has 5 nitrogen and oxygen atoms in total. The zero-order valence-electron chi connectivity index (χ0n) is 11.9. The number of nitrogens with two attached hydrogens (primary N) is 1. The Hall–Kier alpha value is -2.37. The molecule has 0 heterocycles. The molecule has 5 heteroatoms. The predicted molar refractivity (Wildman–Crippen MR) is 79.1 cm³/mol. The first kappa shape index (κ1) is 15.0. The van der Waals surface area contributed by atoms with E-state index in [2.05, 4.69) is 5.32 Å². The Bertz CT molecular complexity index is 618. The number of hydrogen-bond acceptors (Lipinski definition) is 4. The molecule has 0 aromatic heterocycles. The number of carbonyl (C=O) groups excluding carboxylic acids is 1. The average molecular weight is 282 g/mol. The molecule has 0 spiro atoms. The summed E-state index contributed by atoms with van der Waals surface area (Å²) in [6.45, 7) is 0. The summed E-state index contributed by atoms with van der Waals surface area (Å²) in [7, 11) is 0. The lowest BCUT2D eigenvalue weighted by atomic mass is 9.80. The largest absolute Gasteiger partial charge is 0.326 e. The molecule has 21 heavy (non-hydrogen) atoms.